The maximum absolute atomic E-state index is 5.69. The van der Waals surface area contributed by atoms with Gasteiger partial charge in [-0.25, -0.2) is 0 Å². The van der Waals surface area contributed by atoms with Crippen LogP contribution in [0.3, 0.4) is 0 Å². The Morgan fingerprint density at radius 3 is 2.63 bits per heavy atom. The van der Waals surface area contributed by atoms with Gasteiger partial charge in [-0.2, -0.15) is 0 Å². The lowest BCUT2D eigenvalue weighted by atomic mass is 10.2. The SMILES string of the molecule is CCNCc1cc(COCCN(CC)CC)oc1C. The predicted octanol–water partition coefficient (Wildman–Crippen LogP) is 2.56. The van der Waals surface area contributed by atoms with E-state index in [2.05, 4.69) is 37.1 Å². The van der Waals surface area contributed by atoms with Crippen LogP contribution >= 0.6 is 0 Å². The van der Waals surface area contributed by atoms with Gasteiger partial charge in [0, 0.05) is 18.7 Å². The van der Waals surface area contributed by atoms with Crippen LogP contribution in [0.1, 0.15) is 37.9 Å². The summed E-state index contributed by atoms with van der Waals surface area (Å²) in [5.74, 6) is 1.91. The Morgan fingerprint density at radius 1 is 1.26 bits per heavy atom. The van der Waals surface area contributed by atoms with Crippen molar-refractivity contribution < 1.29 is 9.15 Å². The molecular formula is C15H28N2O2. The van der Waals surface area contributed by atoms with Gasteiger partial charge >= 0.3 is 0 Å². The zero-order valence-corrected chi connectivity index (χ0v) is 12.8. The number of hydrogen-bond donors (Lipinski definition) is 1. The number of rotatable bonds is 10. The van der Waals surface area contributed by atoms with Crippen molar-refractivity contribution in [3.05, 3.63) is 23.2 Å². The molecule has 0 spiro atoms. The van der Waals surface area contributed by atoms with Crippen LogP contribution in [0, 0.1) is 6.92 Å². The molecule has 0 unspecified atom stereocenters. The number of nitrogens with zero attached hydrogens (tertiary/aromatic N) is 1. The van der Waals surface area contributed by atoms with Crippen molar-refractivity contribution in [1.82, 2.24) is 10.2 Å². The molecule has 19 heavy (non-hydrogen) atoms. The number of hydrogen-bond acceptors (Lipinski definition) is 4. The lowest BCUT2D eigenvalue weighted by Gasteiger charge is -2.17. The molecule has 0 amide bonds. The van der Waals surface area contributed by atoms with Crippen molar-refractivity contribution in [3.8, 4) is 0 Å². The van der Waals surface area contributed by atoms with Gasteiger partial charge in [0.25, 0.3) is 0 Å². The largest absolute Gasteiger partial charge is 0.464 e. The molecule has 0 fully saturated rings. The molecule has 0 aromatic carbocycles. The molecule has 110 valence electrons. The van der Waals surface area contributed by atoms with Gasteiger partial charge in [-0.1, -0.05) is 20.8 Å². The maximum Gasteiger partial charge on any atom is 0.130 e. The number of ether oxygens (including phenoxy) is 1. The van der Waals surface area contributed by atoms with Crippen molar-refractivity contribution in [2.75, 3.05) is 32.8 Å². The van der Waals surface area contributed by atoms with Gasteiger partial charge in [0.1, 0.15) is 18.1 Å². The van der Waals surface area contributed by atoms with Crippen LogP contribution in [0.5, 0.6) is 0 Å². The monoisotopic (exact) mass is 268 g/mol. The van der Waals surface area contributed by atoms with E-state index >= 15 is 0 Å². The molecule has 4 nitrogen and oxygen atoms in total. The Morgan fingerprint density at radius 2 is 2.00 bits per heavy atom. The highest BCUT2D eigenvalue weighted by Crippen LogP contribution is 2.15. The summed E-state index contributed by atoms with van der Waals surface area (Å²) in [6.07, 6.45) is 0. The van der Waals surface area contributed by atoms with Crippen LogP contribution in [0.15, 0.2) is 10.5 Å². The molecule has 0 bridgehead atoms. The predicted molar refractivity (Wildman–Crippen MR) is 78.3 cm³/mol. The highest BCUT2D eigenvalue weighted by Gasteiger charge is 2.07. The van der Waals surface area contributed by atoms with E-state index in [-0.39, 0.29) is 0 Å². The zero-order valence-electron chi connectivity index (χ0n) is 12.8. The Bertz CT molecular complexity index is 346. The number of likely N-dealkylation sites (N-methyl/N-ethyl adjacent to an activating group) is 1. The highest BCUT2D eigenvalue weighted by atomic mass is 16.5. The highest BCUT2D eigenvalue weighted by molar-refractivity contribution is 5.20. The second kappa shape index (κ2) is 9.13. The summed E-state index contributed by atoms with van der Waals surface area (Å²) in [6.45, 7) is 14.7. The first-order chi connectivity index (χ1) is 9.21. The summed E-state index contributed by atoms with van der Waals surface area (Å²) >= 11 is 0. The molecule has 1 N–H and O–H groups in total. The third kappa shape index (κ3) is 5.76. The normalized spacial score (nSPS) is 11.4. The van der Waals surface area contributed by atoms with Crippen LogP contribution in [-0.4, -0.2) is 37.7 Å². The number of aryl methyl sites for hydroxylation is 1. The summed E-state index contributed by atoms with van der Waals surface area (Å²) in [5.41, 5.74) is 1.23. The topological polar surface area (TPSA) is 37.6 Å². The van der Waals surface area contributed by atoms with Gasteiger partial charge in [0.15, 0.2) is 0 Å². The third-order valence-electron chi connectivity index (χ3n) is 3.33. The van der Waals surface area contributed by atoms with Crippen LogP contribution in [-0.2, 0) is 17.9 Å². The van der Waals surface area contributed by atoms with Crippen molar-refractivity contribution in [3.63, 3.8) is 0 Å². The smallest absolute Gasteiger partial charge is 0.130 e. The minimum absolute atomic E-state index is 0.564. The van der Waals surface area contributed by atoms with Crippen molar-refractivity contribution in [2.45, 2.75) is 40.8 Å². The quantitative estimate of drug-likeness (QED) is 0.662. The summed E-state index contributed by atoms with van der Waals surface area (Å²) in [5, 5.41) is 3.31. The Kier molecular flexibility index (Phi) is 7.79. The van der Waals surface area contributed by atoms with E-state index in [1.807, 2.05) is 6.92 Å². The number of furan rings is 1. The molecular weight excluding hydrogens is 240 g/mol. The van der Waals surface area contributed by atoms with Crippen LogP contribution in [0.25, 0.3) is 0 Å². The molecule has 0 saturated heterocycles. The molecule has 0 aliphatic carbocycles. The van der Waals surface area contributed by atoms with Gasteiger partial charge in [-0.05, 0) is 32.6 Å². The van der Waals surface area contributed by atoms with Crippen molar-refractivity contribution >= 4 is 0 Å². The van der Waals surface area contributed by atoms with E-state index in [0.29, 0.717) is 6.61 Å². The molecule has 0 aliphatic rings. The first-order valence-corrected chi connectivity index (χ1v) is 7.30. The molecule has 0 radical (unpaired) electrons. The Labute approximate surface area is 117 Å². The average molecular weight is 268 g/mol. The van der Waals surface area contributed by atoms with E-state index in [1.54, 1.807) is 0 Å². The molecule has 0 saturated carbocycles. The molecule has 1 heterocycles. The van der Waals surface area contributed by atoms with Gasteiger partial charge < -0.3 is 19.4 Å². The standard InChI is InChI=1S/C15H28N2O2/c1-5-16-11-14-10-15(19-13(14)4)12-18-9-8-17(6-2)7-3/h10,16H,5-9,11-12H2,1-4H3. The van der Waals surface area contributed by atoms with Crippen LogP contribution in [0.4, 0.5) is 0 Å². The first-order valence-electron chi connectivity index (χ1n) is 7.30. The zero-order chi connectivity index (χ0) is 14.1. The minimum atomic E-state index is 0.564. The minimum Gasteiger partial charge on any atom is -0.464 e. The maximum atomic E-state index is 5.69. The molecule has 1 aromatic heterocycles. The molecule has 1 rings (SSSR count). The summed E-state index contributed by atoms with van der Waals surface area (Å²) in [6, 6.07) is 2.09. The van der Waals surface area contributed by atoms with E-state index in [0.717, 1.165) is 50.9 Å². The van der Waals surface area contributed by atoms with E-state index in [9.17, 15) is 0 Å². The summed E-state index contributed by atoms with van der Waals surface area (Å²) < 4.78 is 11.4. The lowest BCUT2D eigenvalue weighted by Crippen LogP contribution is -2.26. The van der Waals surface area contributed by atoms with Gasteiger partial charge in [-0.15, -0.1) is 0 Å². The average Bonchev–Trinajstić information content (AvgIpc) is 2.77. The van der Waals surface area contributed by atoms with Gasteiger partial charge in [0.05, 0.1) is 6.61 Å². The molecule has 4 heteroatoms. The fourth-order valence-corrected chi connectivity index (χ4v) is 2.00. The fraction of sp³-hybridized carbons (Fsp3) is 0.733. The van der Waals surface area contributed by atoms with Crippen molar-refractivity contribution in [2.24, 2.45) is 0 Å². The fourth-order valence-electron chi connectivity index (χ4n) is 2.00. The molecule has 1 aromatic rings. The molecule has 0 atom stereocenters. The van der Waals surface area contributed by atoms with E-state index < -0.39 is 0 Å². The first kappa shape index (κ1) is 16.2. The van der Waals surface area contributed by atoms with Crippen molar-refractivity contribution in [1.29, 1.82) is 0 Å². The van der Waals surface area contributed by atoms with Crippen LogP contribution in [0.2, 0.25) is 0 Å². The van der Waals surface area contributed by atoms with E-state index in [1.165, 1.54) is 5.56 Å². The second-order valence-corrected chi connectivity index (χ2v) is 4.65. The van der Waals surface area contributed by atoms with Gasteiger partial charge in [0.2, 0.25) is 0 Å². The summed E-state index contributed by atoms with van der Waals surface area (Å²) in [7, 11) is 0. The third-order valence-corrected chi connectivity index (χ3v) is 3.33. The second-order valence-electron chi connectivity index (χ2n) is 4.65. The van der Waals surface area contributed by atoms with E-state index in [4.69, 9.17) is 9.15 Å². The lowest BCUT2D eigenvalue weighted by molar-refractivity contribution is 0.0839. The number of nitrogens with one attached hydrogen (secondary N) is 1. The van der Waals surface area contributed by atoms with Gasteiger partial charge in [-0.3, -0.25) is 0 Å². The summed E-state index contributed by atoms with van der Waals surface area (Å²) in [4.78, 5) is 2.35. The van der Waals surface area contributed by atoms with Crippen LogP contribution < -0.4 is 5.32 Å². The Balaban J connectivity index is 2.29. The Hall–Kier alpha value is -0.840. The molecule has 0 aliphatic heterocycles.